The zero-order valence-electron chi connectivity index (χ0n) is 9.87. The average Bonchev–Trinajstić information content (AvgIpc) is 2.81. The van der Waals surface area contributed by atoms with E-state index in [-0.39, 0.29) is 12.0 Å². The number of rotatable bonds is 8. The normalized spacial score (nSPS) is 19.9. The molecular weight excluding hydrogens is 210 g/mol. The van der Waals surface area contributed by atoms with Gasteiger partial charge in [-0.2, -0.15) is 0 Å². The van der Waals surface area contributed by atoms with Crippen molar-refractivity contribution in [1.29, 1.82) is 0 Å². The van der Waals surface area contributed by atoms with Gasteiger partial charge < -0.3 is 19.5 Å². The Balaban J connectivity index is 1.88. The SMILES string of the molecule is COCCCOCCOC(=O)C1CCCN1. The van der Waals surface area contributed by atoms with Crippen LogP contribution in [0.4, 0.5) is 0 Å². The minimum atomic E-state index is -0.155. The van der Waals surface area contributed by atoms with Crippen molar-refractivity contribution in [3.63, 3.8) is 0 Å². The van der Waals surface area contributed by atoms with E-state index in [0.29, 0.717) is 26.4 Å². The Morgan fingerprint density at radius 1 is 1.31 bits per heavy atom. The average molecular weight is 231 g/mol. The summed E-state index contributed by atoms with van der Waals surface area (Å²) < 4.78 is 15.2. The Hall–Kier alpha value is -0.650. The first-order chi connectivity index (χ1) is 7.84. The summed E-state index contributed by atoms with van der Waals surface area (Å²) in [6, 6.07) is -0.103. The molecule has 5 nitrogen and oxygen atoms in total. The second-order valence-electron chi connectivity index (χ2n) is 3.78. The van der Waals surface area contributed by atoms with Crippen molar-refractivity contribution in [3.05, 3.63) is 0 Å². The van der Waals surface area contributed by atoms with Gasteiger partial charge in [0, 0.05) is 20.3 Å². The summed E-state index contributed by atoms with van der Waals surface area (Å²) in [6.45, 7) is 3.05. The maximum Gasteiger partial charge on any atom is 0.323 e. The van der Waals surface area contributed by atoms with Crippen LogP contribution in [0, 0.1) is 0 Å². The van der Waals surface area contributed by atoms with E-state index in [1.807, 2.05) is 0 Å². The number of methoxy groups -OCH3 is 1. The summed E-state index contributed by atoms with van der Waals surface area (Å²) in [6.07, 6.45) is 2.80. The van der Waals surface area contributed by atoms with E-state index in [9.17, 15) is 4.79 Å². The Morgan fingerprint density at radius 3 is 2.88 bits per heavy atom. The van der Waals surface area contributed by atoms with Crippen LogP contribution in [0.1, 0.15) is 19.3 Å². The summed E-state index contributed by atoms with van der Waals surface area (Å²) >= 11 is 0. The minimum Gasteiger partial charge on any atom is -0.462 e. The Morgan fingerprint density at radius 2 is 2.19 bits per heavy atom. The zero-order valence-corrected chi connectivity index (χ0v) is 9.87. The van der Waals surface area contributed by atoms with Gasteiger partial charge in [-0.1, -0.05) is 0 Å². The molecule has 1 aliphatic heterocycles. The highest BCUT2D eigenvalue weighted by Crippen LogP contribution is 2.06. The number of esters is 1. The van der Waals surface area contributed by atoms with Crippen molar-refractivity contribution < 1.29 is 19.0 Å². The molecule has 0 spiro atoms. The molecule has 5 heteroatoms. The lowest BCUT2D eigenvalue weighted by molar-refractivity contribution is -0.147. The maximum atomic E-state index is 11.4. The number of carbonyl (C=O) groups is 1. The monoisotopic (exact) mass is 231 g/mol. The third-order valence-electron chi connectivity index (χ3n) is 2.45. The van der Waals surface area contributed by atoms with E-state index in [4.69, 9.17) is 14.2 Å². The molecule has 0 radical (unpaired) electrons. The molecule has 1 saturated heterocycles. The molecule has 1 rings (SSSR count). The summed E-state index contributed by atoms with van der Waals surface area (Å²) in [4.78, 5) is 11.4. The van der Waals surface area contributed by atoms with Gasteiger partial charge >= 0.3 is 5.97 Å². The van der Waals surface area contributed by atoms with Crippen LogP contribution < -0.4 is 5.32 Å². The van der Waals surface area contributed by atoms with Crippen LogP contribution in [0.5, 0.6) is 0 Å². The molecule has 0 aromatic rings. The van der Waals surface area contributed by atoms with E-state index >= 15 is 0 Å². The summed E-state index contributed by atoms with van der Waals surface area (Å²) in [5.41, 5.74) is 0. The first kappa shape index (κ1) is 13.4. The van der Waals surface area contributed by atoms with Gasteiger partial charge in [0.1, 0.15) is 12.6 Å². The van der Waals surface area contributed by atoms with E-state index in [2.05, 4.69) is 5.32 Å². The molecule has 1 atom stereocenters. The quantitative estimate of drug-likeness (QED) is 0.482. The lowest BCUT2D eigenvalue weighted by Gasteiger charge is -2.10. The van der Waals surface area contributed by atoms with Gasteiger partial charge in [0.2, 0.25) is 0 Å². The highest BCUT2D eigenvalue weighted by molar-refractivity contribution is 5.76. The van der Waals surface area contributed by atoms with Crippen molar-refractivity contribution in [3.8, 4) is 0 Å². The first-order valence-electron chi connectivity index (χ1n) is 5.81. The lowest BCUT2D eigenvalue weighted by Crippen LogP contribution is -2.33. The molecule has 1 fully saturated rings. The molecule has 0 aromatic heterocycles. The topological polar surface area (TPSA) is 56.8 Å². The zero-order chi connectivity index (χ0) is 11.6. The molecule has 0 saturated carbocycles. The minimum absolute atomic E-state index is 0.103. The number of hydrogen-bond acceptors (Lipinski definition) is 5. The maximum absolute atomic E-state index is 11.4. The van der Waals surface area contributed by atoms with Crippen molar-refractivity contribution in [2.75, 3.05) is 40.1 Å². The van der Waals surface area contributed by atoms with Crippen LogP contribution >= 0.6 is 0 Å². The predicted molar refractivity (Wildman–Crippen MR) is 59.3 cm³/mol. The Bertz CT molecular complexity index is 192. The predicted octanol–water partition coefficient (Wildman–Crippen LogP) is 0.335. The molecule has 0 aromatic carbocycles. The highest BCUT2D eigenvalue weighted by Gasteiger charge is 2.22. The van der Waals surface area contributed by atoms with Gasteiger partial charge in [-0.25, -0.2) is 0 Å². The van der Waals surface area contributed by atoms with Gasteiger partial charge in [-0.05, 0) is 25.8 Å². The van der Waals surface area contributed by atoms with Crippen molar-refractivity contribution in [2.24, 2.45) is 0 Å². The van der Waals surface area contributed by atoms with Gasteiger partial charge in [-0.3, -0.25) is 4.79 Å². The van der Waals surface area contributed by atoms with E-state index < -0.39 is 0 Å². The van der Waals surface area contributed by atoms with Crippen LogP contribution in [0.25, 0.3) is 0 Å². The molecule has 0 bridgehead atoms. The second-order valence-corrected chi connectivity index (χ2v) is 3.78. The fraction of sp³-hybridized carbons (Fsp3) is 0.909. The third kappa shape index (κ3) is 5.44. The van der Waals surface area contributed by atoms with Crippen LogP contribution in [-0.2, 0) is 19.0 Å². The number of carbonyl (C=O) groups excluding carboxylic acids is 1. The fourth-order valence-corrected chi connectivity index (χ4v) is 1.59. The van der Waals surface area contributed by atoms with Gasteiger partial charge in [0.15, 0.2) is 0 Å². The molecule has 1 N–H and O–H groups in total. The molecule has 0 amide bonds. The van der Waals surface area contributed by atoms with Crippen molar-refractivity contribution in [1.82, 2.24) is 5.32 Å². The first-order valence-corrected chi connectivity index (χ1v) is 5.81. The van der Waals surface area contributed by atoms with Crippen LogP contribution in [-0.4, -0.2) is 52.1 Å². The van der Waals surface area contributed by atoms with Crippen LogP contribution in [0.3, 0.4) is 0 Å². The fourth-order valence-electron chi connectivity index (χ4n) is 1.59. The Labute approximate surface area is 96.4 Å². The van der Waals surface area contributed by atoms with Crippen molar-refractivity contribution in [2.45, 2.75) is 25.3 Å². The number of hydrogen-bond donors (Lipinski definition) is 1. The van der Waals surface area contributed by atoms with Gasteiger partial charge in [0.05, 0.1) is 6.61 Å². The number of ether oxygens (including phenoxy) is 3. The molecule has 1 unspecified atom stereocenters. The molecule has 94 valence electrons. The Kier molecular flexibility index (Phi) is 7.12. The van der Waals surface area contributed by atoms with E-state index in [1.165, 1.54) is 0 Å². The van der Waals surface area contributed by atoms with Crippen LogP contribution in [0.2, 0.25) is 0 Å². The highest BCUT2D eigenvalue weighted by atomic mass is 16.6. The molecule has 0 aliphatic carbocycles. The summed E-state index contributed by atoms with van der Waals surface area (Å²) in [7, 11) is 1.66. The van der Waals surface area contributed by atoms with E-state index in [1.54, 1.807) is 7.11 Å². The number of nitrogens with one attached hydrogen (secondary N) is 1. The standard InChI is InChI=1S/C11H21NO4/c1-14-6-3-7-15-8-9-16-11(13)10-4-2-5-12-10/h10,12H,2-9H2,1H3. The third-order valence-corrected chi connectivity index (χ3v) is 2.45. The molecule has 16 heavy (non-hydrogen) atoms. The largest absolute Gasteiger partial charge is 0.462 e. The molecular formula is C11H21NO4. The summed E-state index contributed by atoms with van der Waals surface area (Å²) in [5.74, 6) is -0.155. The summed E-state index contributed by atoms with van der Waals surface area (Å²) in [5, 5.41) is 3.09. The lowest BCUT2D eigenvalue weighted by atomic mass is 10.2. The molecule has 1 heterocycles. The van der Waals surface area contributed by atoms with Gasteiger partial charge in [0.25, 0.3) is 0 Å². The van der Waals surface area contributed by atoms with Gasteiger partial charge in [-0.15, -0.1) is 0 Å². The van der Waals surface area contributed by atoms with E-state index in [0.717, 1.165) is 25.8 Å². The van der Waals surface area contributed by atoms with Crippen LogP contribution in [0.15, 0.2) is 0 Å². The van der Waals surface area contributed by atoms with Crippen molar-refractivity contribution >= 4 is 5.97 Å². The molecule has 1 aliphatic rings. The smallest absolute Gasteiger partial charge is 0.323 e. The second kappa shape index (κ2) is 8.50.